The Kier molecular flexibility index (Phi) is 5.13. The summed E-state index contributed by atoms with van der Waals surface area (Å²) in [4.78, 5) is 15.2. The van der Waals surface area contributed by atoms with E-state index in [-0.39, 0.29) is 23.8 Å². The van der Waals surface area contributed by atoms with Gasteiger partial charge < -0.3 is 4.90 Å². The van der Waals surface area contributed by atoms with Crippen molar-refractivity contribution in [2.24, 2.45) is 7.05 Å². The first-order chi connectivity index (χ1) is 12.5. The Morgan fingerprint density at radius 2 is 2.00 bits per heavy atom. The van der Waals surface area contributed by atoms with Crippen molar-refractivity contribution in [3.8, 4) is 6.07 Å². The lowest BCUT2D eigenvalue weighted by atomic mass is 9.90. The number of benzene rings is 1. The zero-order valence-corrected chi connectivity index (χ0v) is 15.9. The minimum Gasteiger partial charge on any atom is -0.338 e. The van der Waals surface area contributed by atoms with Gasteiger partial charge >= 0.3 is 0 Å². The van der Waals surface area contributed by atoms with Crippen LogP contribution in [0.2, 0.25) is 0 Å². The fourth-order valence-corrected chi connectivity index (χ4v) is 4.24. The van der Waals surface area contributed by atoms with E-state index >= 15 is 0 Å². The first-order valence-corrected chi connectivity index (χ1v) is 9.20. The molecule has 0 bridgehead atoms. The molecule has 26 heavy (non-hydrogen) atoms. The molecule has 136 valence electrons. The van der Waals surface area contributed by atoms with E-state index in [0.29, 0.717) is 0 Å². The Labute approximate surface area is 155 Å². The summed E-state index contributed by atoms with van der Waals surface area (Å²) in [5.41, 5.74) is 3.93. The molecule has 1 amide bonds. The Morgan fingerprint density at radius 1 is 1.31 bits per heavy atom. The highest BCUT2D eigenvalue weighted by Crippen LogP contribution is 2.34. The second-order valence-electron chi connectivity index (χ2n) is 7.19. The minimum atomic E-state index is -0.286. The van der Waals surface area contributed by atoms with Crippen LogP contribution in [0, 0.1) is 25.2 Å². The zero-order chi connectivity index (χ0) is 18.8. The quantitative estimate of drug-likeness (QED) is 0.848. The average molecular weight is 350 g/mol. The summed E-state index contributed by atoms with van der Waals surface area (Å²) in [5, 5.41) is 14.2. The maximum atomic E-state index is 13.3. The second kappa shape index (κ2) is 7.33. The maximum absolute atomic E-state index is 13.3. The first-order valence-electron chi connectivity index (χ1n) is 9.20. The lowest BCUT2D eigenvalue weighted by Crippen LogP contribution is -2.41. The molecular weight excluding hydrogens is 324 g/mol. The van der Waals surface area contributed by atoms with E-state index < -0.39 is 0 Å². The molecular formula is C21H26N4O. The molecule has 0 aliphatic carbocycles. The van der Waals surface area contributed by atoms with Gasteiger partial charge in [0.15, 0.2) is 0 Å². The molecule has 0 radical (unpaired) electrons. The topological polar surface area (TPSA) is 61.9 Å². The number of carbonyl (C=O) groups is 1. The molecule has 0 N–H and O–H groups in total. The normalized spacial score (nSPS) is 19.2. The maximum Gasteiger partial charge on any atom is 0.230 e. The van der Waals surface area contributed by atoms with Crippen LogP contribution in [-0.2, 0) is 11.8 Å². The molecule has 3 unspecified atom stereocenters. The van der Waals surface area contributed by atoms with Gasteiger partial charge in [-0.1, -0.05) is 30.3 Å². The second-order valence-corrected chi connectivity index (χ2v) is 7.19. The molecule has 2 heterocycles. The summed E-state index contributed by atoms with van der Waals surface area (Å²) in [6, 6.07) is 12.2. The van der Waals surface area contributed by atoms with E-state index in [1.54, 1.807) is 0 Å². The number of aromatic nitrogens is 2. The summed E-state index contributed by atoms with van der Waals surface area (Å²) in [5.74, 6) is -0.437. The van der Waals surface area contributed by atoms with Crippen LogP contribution in [0.3, 0.4) is 0 Å². The van der Waals surface area contributed by atoms with Crippen LogP contribution in [-0.4, -0.2) is 33.2 Å². The minimum absolute atomic E-state index is 0.0605. The molecule has 1 aromatic carbocycles. The molecule has 0 spiro atoms. The van der Waals surface area contributed by atoms with Crippen molar-refractivity contribution in [3.05, 3.63) is 52.8 Å². The molecule has 1 aromatic heterocycles. The summed E-state index contributed by atoms with van der Waals surface area (Å²) in [6.07, 6.45) is 1.82. The first kappa shape index (κ1) is 18.2. The van der Waals surface area contributed by atoms with E-state index in [9.17, 15) is 10.1 Å². The van der Waals surface area contributed by atoms with Crippen LogP contribution >= 0.6 is 0 Å². The van der Waals surface area contributed by atoms with Crippen molar-refractivity contribution in [2.45, 2.75) is 51.5 Å². The molecule has 1 aliphatic heterocycles. The highest BCUT2D eigenvalue weighted by Gasteiger charge is 2.38. The Hall–Kier alpha value is -2.61. The third kappa shape index (κ3) is 3.12. The van der Waals surface area contributed by atoms with Gasteiger partial charge in [-0.05, 0) is 39.2 Å². The van der Waals surface area contributed by atoms with E-state index in [4.69, 9.17) is 0 Å². The Bertz CT molecular complexity index is 834. The number of likely N-dealkylation sites (tertiary alicyclic amines) is 1. The smallest absolute Gasteiger partial charge is 0.230 e. The molecule has 1 fully saturated rings. The Balaban J connectivity index is 1.88. The third-order valence-electron chi connectivity index (χ3n) is 5.63. The van der Waals surface area contributed by atoms with Gasteiger partial charge in [-0.2, -0.15) is 10.4 Å². The monoisotopic (exact) mass is 350 g/mol. The lowest BCUT2D eigenvalue weighted by molar-refractivity contribution is -0.133. The van der Waals surface area contributed by atoms with Crippen molar-refractivity contribution in [2.75, 3.05) is 6.54 Å². The van der Waals surface area contributed by atoms with Crippen molar-refractivity contribution in [3.63, 3.8) is 0 Å². The van der Waals surface area contributed by atoms with Crippen LogP contribution in [0.15, 0.2) is 30.3 Å². The van der Waals surface area contributed by atoms with E-state index in [0.717, 1.165) is 41.9 Å². The number of aryl methyl sites for hydroxylation is 2. The fraction of sp³-hybridized carbons (Fsp3) is 0.476. The van der Waals surface area contributed by atoms with Crippen LogP contribution in [0.4, 0.5) is 0 Å². The van der Waals surface area contributed by atoms with Gasteiger partial charge in [0, 0.05) is 24.8 Å². The van der Waals surface area contributed by atoms with Crippen LogP contribution in [0.5, 0.6) is 0 Å². The highest BCUT2D eigenvalue weighted by molar-refractivity contribution is 5.84. The van der Waals surface area contributed by atoms with Crippen molar-refractivity contribution in [1.29, 1.82) is 5.26 Å². The van der Waals surface area contributed by atoms with Crippen molar-refractivity contribution in [1.82, 2.24) is 14.7 Å². The number of amides is 1. The van der Waals surface area contributed by atoms with Gasteiger partial charge in [0.05, 0.1) is 29.6 Å². The summed E-state index contributed by atoms with van der Waals surface area (Å²) in [7, 11) is 1.91. The third-order valence-corrected chi connectivity index (χ3v) is 5.63. The standard InChI is InChI=1S/C21H26N4O/c1-14(20-15(2)23-24(4)16(20)3)21(26)25-12-8-11-19(25)18(13-22)17-9-6-5-7-10-17/h5-7,9-10,14,18-19H,8,11-12H2,1-4H3. The SMILES string of the molecule is Cc1nn(C)c(C)c1C(C)C(=O)N1CCCC1C(C#N)c1ccccc1. The van der Waals surface area contributed by atoms with Crippen LogP contribution in [0.25, 0.3) is 0 Å². The van der Waals surface area contributed by atoms with Gasteiger partial charge in [-0.3, -0.25) is 9.48 Å². The molecule has 2 aromatic rings. The molecule has 1 aliphatic rings. The number of nitriles is 1. The van der Waals surface area contributed by atoms with E-state index in [2.05, 4.69) is 11.2 Å². The van der Waals surface area contributed by atoms with Gasteiger partial charge in [0.25, 0.3) is 0 Å². The van der Waals surface area contributed by atoms with Gasteiger partial charge in [-0.15, -0.1) is 0 Å². The highest BCUT2D eigenvalue weighted by atomic mass is 16.2. The van der Waals surface area contributed by atoms with Gasteiger partial charge in [0.2, 0.25) is 5.91 Å². The molecule has 3 atom stereocenters. The number of rotatable bonds is 4. The predicted molar refractivity (Wildman–Crippen MR) is 101 cm³/mol. The fourth-order valence-electron chi connectivity index (χ4n) is 4.24. The molecule has 5 heteroatoms. The number of hydrogen-bond donors (Lipinski definition) is 0. The van der Waals surface area contributed by atoms with Gasteiger partial charge in [0.1, 0.15) is 0 Å². The number of nitrogens with zero attached hydrogens (tertiary/aromatic N) is 4. The zero-order valence-electron chi connectivity index (χ0n) is 15.9. The average Bonchev–Trinajstić information content (AvgIpc) is 3.20. The van der Waals surface area contributed by atoms with E-state index in [1.807, 2.05) is 67.7 Å². The van der Waals surface area contributed by atoms with Crippen LogP contribution in [0.1, 0.15) is 54.1 Å². The summed E-state index contributed by atoms with van der Waals surface area (Å²) >= 11 is 0. The van der Waals surface area contributed by atoms with E-state index in [1.165, 1.54) is 0 Å². The van der Waals surface area contributed by atoms with Gasteiger partial charge in [-0.25, -0.2) is 0 Å². The summed E-state index contributed by atoms with van der Waals surface area (Å²) < 4.78 is 1.83. The number of carbonyl (C=O) groups excluding carboxylic acids is 1. The van der Waals surface area contributed by atoms with Crippen molar-refractivity contribution >= 4 is 5.91 Å². The lowest BCUT2D eigenvalue weighted by Gasteiger charge is -2.30. The Morgan fingerprint density at radius 3 is 2.58 bits per heavy atom. The molecule has 0 saturated carbocycles. The molecule has 3 rings (SSSR count). The number of hydrogen-bond acceptors (Lipinski definition) is 3. The van der Waals surface area contributed by atoms with Crippen molar-refractivity contribution < 1.29 is 4.79 Å². The molecule has 1 saturated heterocycles. The largest absolute Gasteiger partial charge is 0.338 e. The molecule has 5 nitrogen and oxygen atoms in total. The summed E-state index contributed by atoms with van der Waals surface area (Å²) in [6.45, 7) is 6.63. The van der Waals surface area contributed by atoms with Crippen LogP contribution < -0.4 is 0 Å². The predicted octanol–water partition coefficient (Wildman–Crippen LogP) is 3.44.